The Morgan fingerprint density at radius 2 is 2.40 bits per heavy atom. The van der Waals surface area contributed by atoms with E-state index in [0.29, 0.717) is 18.7 Å². The highest BCUT2D eigenvalue weighted by atomic mass is 16.3. The molecule has 0 bridgehead atoms. The monoisotopic (exact) mass is 211 g/mol. The average Bonchev–Trinajstić information content (AvgIpc) is 2.70. The van der Waals surface area contributed by atoms with Gasteiger partial charge in [0.15, 0.2) is 0 Å². The summed E-state index contributed by atoms with van der Waals surface area (Å²) >= 11 is 0. The number of nitrogens with zero attached hydrogens (tertiary/aromatic N) is 2. The topological polar surface area (TPSA) is 69.2 Å². The maximum absolute atomic E-state index is 11.9. The summed E-state index contributed by atoms with van der Waals surface area (Å²) in [5.74, 6) is -0.0732. The second-order valence-corrected chi connectivity index (χ2v) is 3.63. The van der Waals surface area contributed by atoms with Crippen molar-refractivity contribution in [3.05, 3.63) is 18.2 Å². The van der Waals surface area contributed by atoms with Gasteiger partial charge >= 0.3 is 0 Å². The maximum Gasteiger partial charge on any atom is 0.272 e. The van der Waals surface area contributed by atoms with Crippen LogP contribution in [0.1, 0.15) is 30.8 Å². The molecule has 1 aromatic rings. The first kappa shape index (κ1) is 11.7. The van der Waals surface area contributed by atoms with E-state index in [9.17, 15) is 4.79 Å². The minimum atomic E-state index is -0.0732. The number of nitrogens with one attached hydrogen (secondary N) is 1. The molecule has 0 unspecified atom stereocenters. The summed E-state index contributed by atoms with van der Waals surface area (Å²) in [6.07, 6.45) is 3.59. The number of aromatic amines is 1. The fourth-order valence-electron chi connectivity index (χ4n) is 1.36. The second kappa shape index (κ2) is 5.50. The van der Waals surface area contributed by atoms with E-state index in [2.05, 4.69) is 9.97 Å². The van der Waals surface area contributed by atoms with Gasteiger partial charge in [0.25, 0.3) is 5.91 Å². The van der Waals surface area contributed by atoms with E-state index in [4.69, 9.17) is 5.11 Å². The summed E-state index contributed by atoms with van der Waals surface area (Å²) in [7, 11) is 0. The highest BCUT2D eigenvalue weighted by molar-refractivity contribution is 5.92. The lowest BCUT2D eigenvalue weighted by Crippen LogP contribution is -2.38. The lowest BCUT2D eigenvalue weighted by Gasteiger charge is -2.25. The van der Waals surface area contributed by atoms with Crippen molar-refractivity contribution in [2.24, 2.45) is 0 Å². The molecule has 0 saturated heterocycles. The fraction of sp³-hybridized carbons (Fsp3) is 0.600. The van der Waals surface area contributed by atoms with E-state index in [1.165, 1.54) is 12.5 Å². The molecule has 15 heavy (non-hydrogen) atoms. The van der Waals surface area contributed by atoms with Gasteiger partial charge in [-0.2, -0.15) is 0 Å². The summed E-state index contributed by atoms with van der Waals surface area (Å²) in [5, 5.41) is 8.75. The molecule has 2 N–H and O–H groups in total. The number of hydrogen-bond acceptors (Lipinski definition) is 3. The van der Waals surface area contributed by atoms with Gasteiger partial charge in [0.2, 0.25) is 0 Å². The first-order chi connectivity index (χ1) is 7.16. The van der Waals surface area contributed by atoms with Crippen molar-refractivity contribution in [1.82, 2.24) is 14.9 Å². The Kier molecular flexibility index (Phi) is 4.30. The van der Waals surface area contributed by atoms with Crippen molar-refractivity contribution < 1.29 is 9.90 Å². The van der Waals surface area contributed by atoms with Gasteiger partial charge in [-0.3, -0.25) is 4.79 Å². The first-order valence-electron chi connectivity index (χ1n) is 5.07. The summed E-state index contributed by atoms with van der Waals surface area (Å²) < 4.78 is 0. The van der Waals surface area contributed by atoms with Crippen molar-refractivity contribution in [3.63, 3.8) is 0 Å². The third kappa shape index (κ3) is 3.06. The summed E-state index contributed by atoms with van der Waals surface area (Å²) in [4.78, 5) is 20.2. The Hall–Kier alpha value is -1.36. The predicted molar refractivity (Wildman–Crippen MR) is 56.5 cm³/mol. The number of H-pyrrole nitrogens is 1. The molecule has 1 aromatic heterocycles. The number of rotatable bonds is 5. The molecule has 0 fully saturated rings. The van der Waals surface area contributed by atoms with Crippen LogP contribution in [0.2, 0.25) is 0 Å². The van der Waals surface area contributed by atoms with E-state index in [-0.39, 0.29) is 18.6 Å². The number of hydrogen-bond donors (Lipinski definition) is 2. The van der Waals surface area contributed by atoms with Gasteiger partial charge in [0, 0.05) is 19.2 Å². The SMILES string of the molecule is CC(C)N(CCCO)C(=O)c1cnc[nH]1. The third-order valence-corrected chi connectivity index (χ3v) is 2.17. The molecule has 0 aliphatic heterocycles. The number of carbonyl (C=O) groups is 1. The Morgan fingerprint density at radius 1 is 1.67 bits per heavy atom. The molecule has 1 rings (SSSR count). The van der Waals surface area contributed by atoms with Crippen LogP contribution in [0.25, 0.3) is 0 Å². The van der Waals surface area contributed by atoms with E-state index in [0.717, 1.165) is 0 Å². The van der Waals surface area contributed by atoms with E-state index < -0.39 is 0 Å². The van der Waals surface area contributed by atoms with Crippen molar-refractivity contribution >= 4 is 5.91 Å². The van der Waals surface area contributed by atoms with Crippen LogP contribution in [0, 0.1) is 0 Å². The Labute approximate surface area is 89.1 Å². The largest absolute Gasteiger partial charge is 0.396 e. The van der Waals surface area contributed by atoms with Gasteiger partial charge in [-0.05, 0) is 20.3 Å². The van der Waals surface area contributed by atoms with E-state index in [1.807, 2.05) is 13.8 Å². The minimum absolute atomic E-state index is 0.0732. The predicted octanol–water partition coefficient (Wildman–Crippen LogP) is 0.643. The van der Waals surface area contributed by atoms with Crippen molar-refractivity contribution in [2.75, 3.05) is 13.2 Å². The molecule has 84 valence electrons. The molecule has 0 atom stereocenters. The molecule has 0 aliphatic rings. The molecule has 0 aliphatic carbocycles. The maximum atomic E-state index is 11.9. The highest BCUT2D eigenvalue weighted by Gasteiger charge is 2.18. The molecule has 5 nitrogen and oxygen atoms in total. The van der Waals surface area contributed by atoms with E-state index in [1.54, 1.807) is 4.90 Å². The molecule has 0 saturated carbocycles. The third-order valence-electron chi connectivity index (χ3n) is 2.17. The van der Waals surface area contributed by atoms with Crippen LogP contribution in [0.3, 0.4) is 0 Å². The van der Waals surface area contributed by atoms with Gasteiger partial charge in [0.05, 0.1) is 12.5 Å². The Bertz CT molecular complexity index is 296. The smallest absolute Gasteiger partial charge is 0.272 e. The van der Waals surface area contributed by atoms with Crippen LogP contribution < -0.4 is 0 Å². The Morgan fingerprint density at radius 3 is 2.87 bits per heavy atom. The number of imidazole rings is 1. The number of carbonyl (C=O) groups excluding carboxylic acids is 1. The second-order valence-electron chi connectivity index (χ2n) is 3.63. The van der Waals surface area contributed by atoms with Crippen LogP contribution in [0.4, 0.5) is 0 Å². The molecule has 0 radical (unpaired) electrons. The zero-order valence-electron chi connectivity index (χ0n) is 9.10. The van der Waals surface area contributed by atoms with Gasteiger partial charge in [0.1, 0.15) is 5.69 Å². The number of amides is 1. The van der Waals surface area contributed by atoms with Crippen molar-refractivity contribution in [2.45, 2.75) is 26.3 Å². The standard InChI is InChI=1S/C10H17N3O2/c1-8(2)13(4-3-5-14)10(15)9-6-11-7-12-9/h6-8,14H,3-5H2,1-2H3,(H,11,12). The fourth-order valence-corrected chi connectivity index (χ4v) is 1.36. The first-order valence-corrected chi connectivity index (χ1v) is 5.07. The van der Waals surface area contributed by atoms with Crippen molar-refractivity contribution in [1.29, 1.82) is 0 Å². The molecular weight excluding hydrogens is 194 g/mol. The van der Waals surface area contributed by atoms with Crippen molar-refractivity contribution in [3.8, 4) is 0 Å². The quantitative estimate of drug-likeness (QED) is 0.751. The lowest BCUT2D eigenvalue weighted by atomic mass is 10.2. The van der Waals surface area contributed by atoms with Crippen LogP contribution in [-0.2, 0) is 0 Å². The minimum Gasteiger partial charge on any atom is -0.396 e. The van der Waals surface area contributed by atoms with Gasteiger partial charge in [-0.15, -0.1) is 0 Å². The average molecular weight is 211 g/mol. The zero-order chi connectivity index (χ0) is 11.3. The van der Waals surface area contributed by atoms with Crippen LogP contribution >= 0.6 is 0 Å². The zero-order valence-corrected chi connectivity index (χ0v) is 9.10. The van der Waals surface area contributed by atoms with Crippen LogP contribution in [0.5, 0.6) is 0 Å². The molecule has 1 heterocycles. The van der Waals surface area contributed by atoms with Gasteiger partial charge < -0.3 is 15.0 Å². The highest BCUT2D eigenvalue weighted by Crippen LogP contribution is 2.06. The molecule has 1 amide bonds. The van der Waals surface area contributed by atoms with Gasteiger partial charge in [-0.25, -0.2) is 4.98 Å². The lowest BCUT2D eigenvalue weighted by molar-refractivity contribution is 0.0687. The summed E-state index contributed by atoms with van der Waals surface area (Å²) in [6, 6.07) is 0.118. The number of aromatic nitrogens is 2. The molecule has 0 spiro atoms. The van der Waals surface area contributed by atoms with E-state index >= 15 is 0 Å². The number of aliphatic hydroxyl groups is 1. The summed E-state index contributed by atoms with van der Waals surface area (Å²) in [6.45, 7) is 4.56. The van der Waals surface area contributed by atoms with Crippen LogP contribution in [-0.4, -0.2) is 45.1 Å². The summed E-state index contributed by atoms with van der Waals surface area (Å²) in [5.41, 5.74) is 0.488. The van der Waals surface area contributed by atoms with Crippen LogP contribution in [0.15, 0.2) is 12.5 Å². The molecule has 0 aromatic carbocycles. The number of aliphatic hydroxyl groups excluding tert-OH is 1. The molecular formula is C10H17N3O2. The molecule has 5 heteroatoms. The normalized spacial score (nSPS) is 10.7. The Balaban J connectivity index is 2.67. The van der Waals surface area contributed by atoms with Gasteiger partial charge in [-0.1, -0.05) is 0 Å².